The second-order valence-electron chi connectivity index (χ2n) is 8.71. The molecule has 2 heterocycles. The highest BCUT2D eigenvalue weighted by Crippen LogP contribution is 2.44. The number of halogens is 3. The lowest BCUT2D eigenvalue weighted by atomic mass is 9.81. The second-order valence-corrected chi connectivity index (χ2v) is 8.71. The Morgan fingerprint density at radius 2 is 2.03 bits per heavy atom. The number of amides is 2. The first kappa shape index (κ1) is 21.2. The van der Waals surface area contributed by atoms with Crippen molar-refractivity contribution < 1.29 is 23.1 Å². The van der Waals surface area contributed by atoms with Crippen LogP contribution in [0.1, 0.15) is 50.4 Å². The molecule has 2 amide bonds. The van der Waals surface area contributed by atoms with Crippen molar-refractivity contribution in [1.29, 1.82) is 0 Å². The van der Waals surface area contributed by atoms with Gasteiger partial charge in [0.1, 0.15) is 11.4 Å². The van der Waals surface area contributed by atoms with Crippen LogP contribution in [0.2, 0.25) is 0 Å². The summed E-state index contributed by atoms with van der Waals surface area (Å²) in [6, 6.07) is 3.10. The third-order valence-corrected chi connectivity index (χ3v) is 5.44. The van der Waals surface area contributed by atoms with Crippen molar-refractivity contribution in [3.05, 3.63) is 47.0 Å². The molecule has 3 N–H and O–H groups in total. The predicted octanol–water partition coefficient (Wildman–Crippen LogP) is 3.70. The molecule has 1 fully saturated rings. The third-order valence-electron chi connectivity index (χ3n) is 5.44. The first-order valence-corrected chi connectivity index (χ1v) is 9.98. The largest absolute Gasteiger partial charge is 0.384 e. The SMILES string of the molecule is CC(C)(O)c1ccn(Cc2cc3c(cc2F)[C@@](C#CC2CC2)(C(C)(F)F)NC(=O)N3)n1. The van der Waals surface area contributed by atoms with Gasteiger partial charge in [0.05, 0.1) is 12.2 Å². The molecule has 0 radical (unpaired) electrons. The Bertz CT molecular complexity index is 1100. The number of fused-ring (bicyclic) bond motifs is 1. The average Bonchev–Trinajstić information content (AvgIpc) is 3.35. The standard InChI is InChI=1S/C22H23F3N4O2/c1-20(2,31)18-7-9-29(28-18)12-14-10-17-15(11-16(14)23)22(21(3,24)25,27-19(30)26-17)8-6-13-4-5-13/h7,9-11,13,31H,4-5,12H2,1-3H3,(H2,26,27,30)/t22-/m0/s1. The van der Waals surface area contributed by atoms with E-state index in [4.69, 9.17) is 0 Å². The molecular formula is C22H23F3N4O2. The van der Waals surface area contributed by atoms with Gasteiger partial charge in [0, 0.05) is 35.9 Å². The summed E-state index contributed by atoms with van der Waals surface area (Å²) in [4.78, 5) is 12.3. The van der Waals surface area contributed by atoms with Gasteiger partial charge in [-0.2, -0.15) is 5.10 Å². The number of nitrogens with one attached hydrogen (secondary N) is 2. The monoisotopic (exact) mass is 432 g/mol. The fourth-order valence-corrected chi connectivity index (χ4v) is 3.49. The molecule has 2 aromatic rings. The zero-order valence-electron chi connectivity index (χ0n) is 17.4. The summed E-state index contributed by atoms with van der Waals surface area (Å²) in [5.74, 6) is 1.18. The molecule has 4 rings (SSSR count). The maximum atomic E-state index is 15.0. The van der Waals surface area contributed by atoms with Crippen LogP contribution in [0.4, 0.5) is 23.7 Å². The second kappa shape index (κ2) is 7.02. The number of aliphatic hydroxyl groups is 1. The Morgan fingerprint density at radius 3 is 2.61 bits per heavy atom. The lowest BCUT2D eigenvalue weighted by Crippen LogP contribution is -2.59. The van der Waals surface area contributed by atoms with Crippen LogP contribution in [0.15, 0.2) is 24.4 Å². The predicted molar refractivity (Wildman–Crippen MR) is 108 cm³/mol. The highest BCUT2D eigenvalue weighted by atomic mass is 19.3. The molecule has 1 aromatic heterocycles. The summed E-state index contributed by atoms with van der Waals surface area (Å²) >= 11 is 0. The number of benzene rings is 1. The van der Waals surface area contributed by atoms with E-state index in [1.54, 1.807) is 26.1 Å². The number of rotatable bonds is 4. The van der Waals surface area contributed by atoms with Gasteiger partial charge in [-0.1, -0.05) is 11.8 Å². The number of carbonyl (C=O) groups excluding carboxylic acids is 1. The molecule has 0 unspecified atom stereocenters. The molecule has 9 heteroatoms. The van der Waals surface area contributed by atoms with E-state index in [-0.39, 0.29) is 29.3 Å². The summed E-state index contributed by atoms with van der Waals surface area (Å²) in [5.41, 5.74) is -2.98. The fraction of sp³-hybridized carbons (Fsp3) is 0.455. The molecule has 164 valence electrons. The number of hydrogen-bond donors (Lipinski definition) is 3. The smallest absolute Gasteiger partial charge is 0.320 e. The number of carbonyl (C=O) groups is 1. The lowest BCUT2D eigenvalue weighted by Gasteiger charge is -2.40. The van der Waals surface area contributed by atoms with E-state index in [1.165, 1.54) is 10.7 Å². The molecule has 0 spiro atoms. The van der Waals surface area contributed by atoms with E-state index in [2.05, 4.69) is 27.6 Å². The number of aromatic nitrogens is 2. The van der Waals surface area contributed by atoms with E-state index >= 15 is 4.39 Å². The minimum atomic E-state index is -3.46. The summed E-state index contributed by atoms with van der Waals surface area (Å²) < 4.78 is 46.0. The van der Waals surface area contributed by atoms with Crippen LogP contribution >= 0.6 is 0 Å². The molecule has 6 nitrogen and oxygen atoms in total. The van der Waals surface area contributed by atoms with E-state index in [1.807, 2.05) is 0 Å². The van der Waals surface area contributed by atoms with Gasteiger partial charge in [-0.25, -0.2) is 18.0 Å². The molecule has 0 bridgehead atoms. The summed E-state index contributed by atoms with van der Waals surface area (Å²) in [5, 5.41) is 19.0. The molecule has 1 aromatic carbocycles. The normalized spacial score (nSPS) is 20.9. The van der Waals surface area contributed by atoms with Gasteiger partial charge in [-0.05, 0) is 44.9 Å². The van der Waals surface area contributed by atoms with E-state index < -0.39 is 28.9 Å². The van der Waals surface area contributed by atoms with Crippen molar-refractivity contribution in [1.82, 2.24) is 15.1 Å². The average molecular weight is 432 g/mol. The zero-order valence-corrected chi connectivity index (χ0v) is 17.4. The first-order valence-electron chi connectivity index (χ1n) is 9.98. The molecular weight excluding hydrogens is 409 g/mol. The molecule has 0 saturated heterocycles. The molecule has 2 aliphatic rings. The van der Waals surface area contributed by atoms with Crippen LogP contribution in [0.25, 0.3) is 0 Å². The van der Waals surface area contributed by atoms with Gasteiger partial charge in [0.2, 0.25) is 0 Å². The first-order chi connectivity index (χ1) is 14.4. The van der Waals surface area contributed by atoms with Crippen LogP contribution in [0.3, 0.4) is 0 Å². The maximum Gasteiger partial charge on any atom is 0.320 e. The number of hydrogen-bond acceptors (Lipinski definition) is 3. The highest BCUT2D eigenvalue weighted by molar-refractivity contribution is 5.95. The van der Waals surface area contributed by atoms with Crippen molar-refractivity contribution in [2.75, 3.05) is 5.32 Å². The highest BCUT2D eigenvalue weighted by Gasteiger charge is 2.55. The van der Waals surface area contributed by atoms with Crippen molar-refractivity contribution in [2.24, 2.45) is 5.92 Å². The topological polar surface area (TPSA) is 79.2 Å². The summed E-state index contributed by atoms with van der Waals surface area (Å²) in [7, 11) is 0. The van der Waals surface area contributed by atoms with Crippen molar-refractivity contribution in [3.8, 4) is 11.8 Å². The molecule has 1 aliphatic heterocycles. The Kier molecular flexibility index (Phi) is 4.81. The van der Waals surface area contributed by atoms with Crippen LogP contribution in [-0.4, -0.2) is 26.8 Å². The molecule has 31 heavy (non-hydrogen) atoms. The van der Waals surface area contributed by atoms with Crippen molar-refractivity contribution in [3.63, 3.8) is 0 Å². The van der Waals surface area contributed by atoms with E-state index in [0.29, 0.717) is 12.6 Å². The zero-order chi connectivity index (χ0) is 22.6. The van der Waals surface area contributed by atoms with Gasteiger partial charge >= 0.3 is 6.03 Å². The van der Waals surface area contributed by atoms with E-state index in [9.17, 15) is 18.7 Å². The van der Waals surface area contributed by atoms with E-state index in [0.717, 1.165) is 18.9 Å². The number of anilines is 1. The van der Waals surface area contributed by atoms with Gasteiger partial charge in [0.15, 0.2) is 5.54 Å². The Morgan fingerprint density at radius 1 is 1.32 bits per heavy atom. The third kappa shape index (κ3) is 4.00. The van der Waals surface area contributed by atoms with Gasteiger partial charge in [0.25, 0.3) is 5.92 Å². The van der Waals surface area contributed by atoms with Gasteiger partial charge in [-0.15, -0.1) is 0 Å². The van der Waals surface area contributed by atoms with Crippen LogP contribution in [0.5, 0.6) is 0 Å². The number of alkyl halides is 2. The van der Waals surface area contributed by atoms with Crippen LogP contribution in [-0.2, 0) is 17.7 Å². The summed E-state index contributed by atoms with van der Waals surface area (Å²) in [6.07, 6.45) is 3.22. The summed E-state index contributed by atoms with van der Waals surface area (Å²) in [6.45, 7) is 3.81. The fourth-order valence-electron chi connectivity index (χ4n) is 3.49. The Hall–Kier alpha value is -2.99. The quantitative estimate of drug-likeness (QED) is 0.645. The van der Waals surface area contributed by atoms with Crippen molar-refractivity contribution in [2.45, 2.75) is 57.2 Å². The van der Waals surface area contributed by atoms with Crippen LogP contribution < -0.4 is 10.6 Å². The Balaban J connectivity index is 1.76. The molecule has 1 atom stereocenters. The molecule has 1 saturated carbocycles. The van der Waals surface area contributed by atoms with Gasteiger partial charge in [-0.3, -0.25) is 4.68 Å². The van der Waals surface area contributed by atoms with Crippen molar-refractivity contribution >= 4 is 11.7 Å². The van der Waals surface area contributed by atoms with Gasteiger partial charge < -0.3 is 15.7 Å². The minimum Gasteiger partial charge on any atom is -0.384 e. The Labute approximate surface area is 177 Å². The lowest BCUT2D eigenvalue weighted by molar-refractivity contribution is -0.0465. The number of nitrogens with zero attached hydrogens (tertiary/aromatic N) is 2. The minimum absolute atomic E-state index is 0.0121. The maximum absolute atomic E-state index is 15.0. The van der Waals surface area contributed by atoms with Crippen LogP contribution in [0, 0.1) is 23.6 Å². The molecule has 1 aliphatic carbocycles. The number of urea groups is 1.